The highest BCUT2D eigenvalue weighted by Crippen LogP contribution is 2.25. The fourth-order valence-corrected chi connectivity index (χ4v) is 3.78. The summed E-state index contributed by atoms with van der Waals surface area (Å²) >= 11 is 0. The van der Waals surface area contributed by atoms with Crippen molar-refractivity contribution in [1.29, 1.82) is 0 Å². The molecule has 0 radical (unpaired) electrons. The number of halogens is 2. The van der Waals surface area contributed by atoms with Crippen molar-refractivity contribution in [2.45, 2.75) is 19.4 Å². The highest BCUT2D eigenvalue weighted by Gasteiger charge is 2.29. The molecular weight excluding hydrogens is 418 g/mol. The Labute approximate surface area is 181 Å². The Bertz CT molecular complexity index is 1330. The third-order valence-electron chi connectivity index (χ3n) is 5.33. The van der Waals surface area contributed by atoms with Gasteiger partial charge in [0.05, 0.1) is 28.4 Å². The monoisotopic (exact) mass is 436 g/mol. The molecule has 10 heteroatoms. The number of aromatic nitrogens is 4. The Balaban J connectivity index is 1.32. The predicted molar refractivity (Wildman–Crippen MR) is 112 cm³/mol. The van der Waals surface area contributed by atoms with Crippen LogP contribution in [-0.4, -0.2) is 50.0 Å². The molecule has 1 aliphatic heterocycles. The second-order valence-electron chi connectivity index (χ2n) is 7.58. The number of aryl methyl sites for hydroxylation is 1. The molecule has 0 bridgehead atoms. The van der Waals surface area contributed by atoms with Gasteiger partial charge in [-0.15, -0.1) is 0 Å². The molecule has 1 amide bonds. The number of carbonyl (C=O) groups is 1. The molecule has 162 valence electrons. The van der Waals surface area contributed by atoms with Crippen molar-refractivity contribution < 1.29 is 18.1 Å². The van der Waals surface area contributed by atoms with Crippen LogP contribution in [-0.2, 0) is 0 Å². The van der Waals surface area contributed by atoms with Gasteiger partial charge in [-0.1, -0.05) is 17.3 Å². The van der Waals surface area contributed by atoms with Gasteiger partial charge in [0.2, 0.25) is 0 Å². The zero-order chi connectivity index (χ0) is 22.2. The zero-order valence-electron chi connectivity index (χ0n) is 17.0. The first-order valence-electron chi connectivity index (χ1n) is 10.1. The largest absolute Gasteiger partial charge is 0.364 e. The van der Waals surface area contributed by atoms with E-state index in [1.165, 1.54) is 6.20 Å². The number of hydrogen-bond acceptors (Lipinski definition) is 7. The van der Waals surface area contributed by atoms with Crippen LogP contribution in [0, 0.1) is 18.6 Å². The molecule has 1 N–H and O–H groups in total. The molecule has 1 atom stereocenters. The number of amides is 1. The van der Waals surface area contributed by atoms with Gasteiger partial charge >= 0.3 is 0 Å². The summed E-state index contributed by atoms with van der Waals surface area (Å²) in [6, 6.07) is 9.09. The number of fused-ring (bicyclic) bond motifs is 1. The van der Waals surface area contributed by atoms with Gasteiger partial charge in [0.1, 0.15) is 5.82 Å². The Morgan fingerprint density at radius 3 is 2.72 bits per heavy atom. The summed E-state index contributed by atoms with van der Waals surface area (Å²) in [4.78, 5) is 27.6. The number of anilines is 1. The number of likely N-dealkylation sites (tertiary alicyclic amines) is 1. The molecular formula is C22H18F2N6O2. The summed E-state index contributed by atoms with van der Waals surface area (Å²) in [7, 11) is 0. The molecule has 32 heavy (non-hydrogen) atoms. The van der Waals surface area contributed by atoms with Crippen LogP contribution >= 0.6 is 0 Å². The topological polar surface area (TPSA) is 97.0 Å². The minimum Gasteiger partial charge on any atom is -0.364 e. The first-order chi connectivity index (χ1) is 15.5. The second-order valence-corrected chi connectivity index (χ2v) is 7.58. The van der Waals surface area contributed by atoms with E-state index in [4.69, 9.17) is 4.52 Å². The average Bonchev–Trinajstić information content (AvgIpc) is 3.43. The third-order valence-corrected chi connectivity index (χ3v) is 5.33. The molecule has 5 rings (SSSR count). The Morgan fingerprint density at radius 1 is 1.16 bits per heavy atom. The summed E-state index contributed by atoms with van der Waals surface area (Å²) in [6.45, 7) is 2.72. The molecule has 0 saturated carbocycles. The van der Waals surface area contributed by atoms with E-state index >= 15 is 0 Å². The standard InChI is InChI=1S/C22H18F2N6O2/c1-12-26-21(32-29-12)14-4-2-3-5-15(14)22(31)30-7-6-13(11-30)27-20-10-25-18-8-16(23)17(24)9-19(18)28-20/h2-5,8-10,13H,6-7,11H2,1H3,(H,27,28)/t13-/m1/s1. The summed E-state index contributed by atoms with van der Waals surface area (Å²) in [5.74, 6) is -0.847. The number of nitrogens with zero attached hydrogens (tertiary/aromatic N) is 5. The van der Waals surface area contributed by atoms with Gasteiger partial charge < -0.3 is 14.7 Å². The van der Waals surface area contributed by atoms with Crippen LogP contribution in [0.4, 0.5) is 14.6 Å². The lowest BCUT2D eigenvalue weighted by atomic mass is 10.1. The van der Waals surface area contributed by atoms with Crippen LogP contribution in [0.3, 0.4) is 0 Å². The summed E-state index contributed by atoms with van der Waals surface area (Å²) in [6.07, 6.45) is 2.17. The fourth-order valence-electron chi connectivity index (χ4n) is 3.78. The molecule has 1 fully saturated rings. The molecule has 8 nitrogen and oxygen atoms in total. The van der Waals surface area contributed by atoms with Crippen molar-refractivity contribution in [2.24, 2.45) is 0 Å². The maximum Gasteiger partial charge on any atom is 0.258 e. The van der Waals surface area contributed by atoms with Crippen LogP contribution in [0.15, 0.2) is 47.1 Å². The molecule has 1 saturated heterocycles. The van der Waals surface area contributed by atoms with Gasteiger partial charge in [0.25, 0.3) is 11.8 Å². The lowest BCUT2D eigenvalue weighted by Crippen LogP contribution is -2.32. The quantitative estimate of drug-likeness (QED) is 0.522. The molecule has 2 aromatic carbocycles. The van der Waals surface area contributed by atoms with E-state index < -0.39 is 11.6 Å². The van der Waals surface area contributed by atoms with Crippen LogP contribution in [0.25, 0.3) is 22.5 Å². The number of hydrogen-bond donors (Lipinski definition) is 1. The van der Waals surface area contributed by atoms with Gasteiger partial charge in [-0.3, -0.25) is 9.78 Å². The van der Waals surface area contributed by atoms with Gasteiger partial charge in [0, 0.05) is 31.3 Å². The maximum atomic E-state index is 13.5. The van der Waals surface area contributed by atoms with E-state index in [-0.39, 0.29) is 23.0 Å². The van der Waals surface area contributed by atoms with E-state index in [9.17, 15) is 13.6 Å². The van der Waals surface area contributed by atoms with E-state index in [2.05, 4.69) is 25.4 Å². The SMILES string of the molecule is Cc1noc(-c2ccccc2C(=O)N2CC[C@@H](Nc3cnc4cc(F)c(F)cc4n3)C2)n1. The van der Waals surface area contributed by atoms with Crippen molar-refractivity contribution >= 4 is 22.8 Å². The lowest BCUT2D eigenvalue weighted by Gasteiger charge is -2.18. The smallest absolute Gasteiger partial charge is 0.258 e. The van der Waals surface area contributed by atoms with Gasteiger partial charge in [-0.25, -0.2) is 13.8 Å². The molecule has 0 unspecified atom stereocenters. The highest BCUT2D eigenvalue weighted by atomic mass is 19.2. The van der Waals surface area contributed by atoms with Crippen molar-refractivity contribution in [2.75, 3.05) is 18.4 Å². The van der Waals surface area contributed by atoms with Crippen LogP contribution in [0.2, 0.25) is 0 Å². The van der Waals surface area contributed by atoms with E-state index in [1.54, 1.807) is 30.0 Å². The zero-order valence-corrected chi connectivity index (χ0v) is 17.0. The normalized spacial score (nSPS) is 16.0. The number of carbonyl (C=O) groups excluding carboxylic acids is 1. The fraction of sp³-hybridized carbons (Fsp3) is 0.227. The van der Waals surface area contributed by atoms with Gasteiger partial charge in [0.15, 0.2) is 17.5 Å². The van der Waals surface area contributed by atoms with E-state index in [1.807, 2.05) is 6.07 Å². The molecule has 2 aromatic heterocycles. The summed E-state index contributed by atoms with van der Waals surface area (Å²) < 4.78 is 32.1. The summed E-state index contributed by atoms with van der Waals surface area (Å²) in [5, 5.41) is 7.03. The number of benzene rings is 2. The van der Waals surface area contributed by atoms with Crippen LogP contribution in [0.1, 0.15) is 22.6 Å². The van der Waals surface area contributed by atoms with Crippen LogP contribution in [0.5, 0.6) is 0 Å². The Hall–Kier alpha value is -3.95. The average molecular weight is 436 g/mol. The highest BCUT2D eigenvalue weighted by molar-refractivity contribution is 6.00. The van der Waals surface area contributed by atoms with Gasteiger partial charge in [-0.2, -0.15) is 4.98 Å². The third kappa shape index (κ3) is 3.75. The molecule has 3 heterocycles. The van der Waals surface area contributed by atoms with Crippen molar-refractivity contribution in [1.82, 2.24) is 25.0 Å². The Morgan fingerprint density at radius 2 is 1.94 bits per heavy atom. The van der Waals surface area contributed by atoms with Gasteiger partial charge in [-0.05, 0) is 25.5 Å². The van der Waals surface area contributed by atoms with E-state index in [0.717, 1.165) is 12.1 Å². The van der Waals surface area contributed by atoms with Crippen LogP contribution < -0.4 is 5.32 Å². The van der Waals surface area contributed by atoms with Crippen molar-refractivity contribution in [3.63, 3.8) is 0 Å². The molecule has 4 aromatic rings. The molecule has 0 aliphatic carbocycles. The number of rotatable bonds is 4. The molecule has 1 aliphatic rings. The van der Waals surface area contributed by atoms with E-state index in [0.29, 0.717) is 48.2 Å². The summed E-state index contributed by atoms with van der Waals surface area (Å²) in [5.41, 5.74) is 1.60. The number of nitrogens with one attached hydrogen (secondary N) is 1. The molecule has 0 spiro atoms. The minimum absolute atomic E-state index is 0.0613. The second kappa shape index (κ2) is 7.95. The minimum atomic E-state index is -0.975. The first kappa shape index (κ1) is 20.0. The first-order valence-corrected chi connectivity index (χ1v) is 10.1. The predicted octanol–water partition coefficient (Wildman–Crippen LogP) is 3.59. The van der Waals surface area contributed by atoms with Crippen molar-refractivity contribution in [3.8, 4) is 11.5 Å². The Kier molecular flexibility index (Phi) is 4.96. The lowest BCUT2D eigenvalue weighted by molar-refractivity contribution is 0.0792. The maximum absolute atomic E-state index is 13.5. The van der Waals surface area contributed by atoms with Crippen molar-refractivity contribution in [3.05, 3.63) is 65.6 Å².